The van der Waals surface area contributed by atoms with Crippen LogP contribution < -0.4 is 0 Å². The van der Waals surface area contributed by atoms with E-state index in [4.69, 9.17) is 4.74 Å². The van der Waals surface area contributed by atoms with E-state index in [2.05, 4.69) is 39.8 Å². The lowest BCUT2D eigenvalue weighted by molar-refractivity contribution is -0.167. The zero-order valence-corrected chi connectivity index (χ0v) is 16.0. The molecule has 1 aromatic carbocycles. The summed E-state index contributed by atoms with van der Waals surface area (Å²) in [7, 11) is 1.39. The minimum atomic E-state index is -1.09. The monoisotopic (exact) mass is 330 g/mol. The molecule has 0 radical (unpaired) electrons. The lowest BCUT2D eigenvalue weighted by atomic mass is 9.53. The number of carbonyl (C=O) groups excluding carboxylic acids is 2. The molecule has 0 amide bonds. The first kappa shape index (κ1) is 18.7. The van der Waals surface area contributed by atoms with Gasteiger partial charge >= 0.3 is 5.97 Å². The fourth-order valence-electron chi connectivity index (χ4n) is 4.99. The minimum absolute atomic E-state index is 0.0405. The average molecular weight is 330 g/mol. The Hall–Kier alpha value is -1.64. The van der Waals surface area contributed by atoms with Gasteiger partial charge in [0.25, 0.3) is 0 Å². The summed E-state index contributed by atoms with van der Waals surface area (Å²) < 4.78 is 5.17. The minimum Gasteiger partial charge on any atom is -0.468 e. The summed E-state index contributed by atoms with van der Waals surface area (Å²) >= 11 is 0. The summed E-state index contributed by atoms with van der Waals surface area (Å²) in [5.41, 5.74) is 3.59. The van der Waals surface area contributed by atoms with E-state index in [-0.39, 0.29) is 23.6 Å². The summed E-state index contributed by atoms with van der Waals surface area (Å²) in [6.07, 6.45) is 1.86. The Morgan fingerprint density at radius 1 is 1.08 bits per heavy atom. The molecule has 1 aliphatic rings. The largest absolute Gasteiger partial charge is 0.468 e. The molecular formula is C21H30O3. The maximum Gasteiger partial charge on any atom is 0.320 e. The van der Waals surface area contributed by atoms with Crippen molar-refractivity contribution in [1.82, 2.24) is 0 Å². The lowest BCUT2D eigenvalue weighted by Gasteiger charge is -2.48. The second-order valence-corrected chi connectivity index (χ2v) is 7.63. The molecule has 24 heavy (non-hydrogen) atoms. The van der Waals surface area contributed by atoms with Gasteiger partial charge in [0.1, 0.15) is 11.2 Å². The fourth-order valence-corrected chi connectivity index (χ4v) is 4.99. The van der Waals surface area contributed by atoms with Crippen molar-refractivity contribution in [3.8, 4) is 0 Å². The molecule has 3 heteroatoms. The highest BCUT2D eigenvalue weighted by Gasteiger charge is 2.58. The number of ketones is 1. The van der Waals surface area contributed by atoms with Crippen LogP contribution in [0.3, 0.4) is 0 Å². The number of Topliss-reactive ketones (excluding diaryl/α,β-unsaturated/α-hetero) is 1. The van der Waals surface area contributed by atoms with E-state index in [9.17, 15) is 9.59 Å². The highest BCUT2D eigenvalue weighted by atomic mass is 16.5. The van der Waals surface area contributed by atoms with Crippen molar-refractivity contribution in [2.24, 2.45) is 17.3 Å². The Labute approximate surface area is 145 Å². The van der Waals surface area contributed by atoms with Crippen molar-refractivity contribution in [1.29, 1.82) is 0 Å². The second-order valence-electron chi connectivity index (χ2n) is 7.63. The molecule has 0 N–H and O–H groups in total. The van der Waals surface area contributed by atoms with Gasteiger partial charge < -0.3 is 4.74 Å². The molecular weight excluding hydrogens is 300 g/mol. The molecule has 1 saturated carbocycles. The van der Waals surface area contributed by atoms with E-state index >= 15 is 0 Å². The Morgan fingerprint density at radius 3 is 2.08 bits per heavy atom. The van der Waals surface area contributed by atoms with Crippen molar-refractivity contribution in [3.05, 3.63) is 34.4 Å². The van der Waals surface area contributed by atoms with Crippen LogP contribution in [0, 0.1) is 38.0 Å². The van der Waals surface area contributed by atoms with Gasteiger partial charge in [0.05, 0.1) is 7.11 Å². The van der Waals surface area contributed by atoms with Gasteiger partial charge in [-0.25, -0.2) is 0 Å². The third-order valence-electron chi connectivity index (χ3n) is 6.22. The van der Waals surface area contributed by atoms with Crippen molar-refractivity contribution in [2.75, 3.05) is 7.11 Å². The van der Waals surface area contributed by atoms with Crippen LogP contribution in [0.25, 0.3) is 0 Å². The standard InChI is InChI=1S/C21H30O3/c1-12-10-14(3)19(15(4)11-12)18-9-8-13(2)16(5)21(18,17(6)22)20(23)24-7/h10-11,13,16,18H,8-9H2,1-7H3. The van der Waals surface area contributed by atoms with Crippen molar-refractivity contribution < 1.29 is 14.3 Å². The van der Waals surface area contributed by atoms with E-state index in [0.717, 1.165) is 29.5 Å². The number of aryl methyl sites for hydroxylation is 3. The Kier molecular flexibility index (Phi) is 5.22. The maximum absolute atomic E-state index is 12.9. The van der Waals surface area contributed by atoms with Gasteiger partial charge in [-0.15, -0.1) is 0 Å². The quantitative estimate of drug-likeness (QED) is 0.605. The SMILES string of the molecule is COC(=O)C1(C(C)=O)C(c2c(C)cc(C)cc2C)CCC(C)C1C. The number of carbonyl (C=O) groups is 2. The van der Waals surface area contributed by atoms with Crippen molar-refractivity contribution in [2.45, 2.75) is 60.3 Å². The molecule has 2 rings (SSSR count). The van der Waals surface area contributed by atoms with Crippen LogP contribution in [0.2, 0.25) is 0 Å². The van der Waals surface area contributed by atoms with E-state index < -0.39 is 5.41 Å². The first-order valence-electron chi connectivity index (χ1n) is 8.85. The molecule has 0 aromatic heterocycles. The van der Waals surface area contributed by atoms with E-state index in [1.54, 1.807) is 6.92 Å². The molecule has 0 heterocycles. The van der Waals surface area contributed by atoms with Gasteiger partial charge in [0.2, 0.25) is 0 Å². The van der Waals surface area contributed by atoms with E-state index in [0.29, 0.717) is 5.92 Å². The Morgan fingerprint density at radius 2 is 1.62 bits per heavy atom. The summed E-state index contributed by atoms with van der Waals surface area (Å²) in [6.45, 7) is 12.0. The van der Waals surface area contributed by atoms with Crippen LogP contribution >= 0.6 is 0 Å². The second kappa shape index (κ2) is 6.70. The molecule has 0 spiro atoms. The summed E-state index contributed by atoms with van der Waals surface area (Å²) in [4.78, 5) is 25.8. The molecule has 0 saturated heterocycles. The molecule has 132 valence electrons. The van der Waals surface area contributed by atoms with Crippen LogP contribution in [-0.2, 0) is 14.3 Å². The average Bonchev–Trinajstić information content (AvgIpc) is 2.49. The van der Waals surface area contributed by atoms with Crippen LogP contribution in [0.15, 0.2) is 12.1 Å². The topological polar surface area (TPSA) is 43.4 Å². The Bertz CT molecular complexity index is 638. The third kappa shape index (κ3) is 2.68. The van der Waals surface area contributed by atoms with Crippen LogP contribution in [0.4, 0.5) is 0 Å². The number of ether oxygens (including phenoxy) is 1. The number of methoxy groups -OCH3 is 1. The molecule has 0 aliphatic heterocycles. The number of benzene rings is 1. The zero-order valence-electron chi connectivity index (χ0n) is 16.0. The molecule has 4 atom stereocenters. The van der Waals surface area contributed by atoms with Crippen LogP contribution in [-0.4, -0.2) is 18.9 Å². The van der Waals surface area contributed by atoms with Gasteiger partial charge in [0.15, 0.2) is 0 Å². The summed E-state index contributed by atoms with van der Waals surface area (Å²) in [5.74, 6) is -0.290. The number of rotatable bonds is 3. The Balaban J connectivity index is 2.75. The molecule has 4 unspecified atom stereocenters. The zero-order chi connectivity index (χ0) is 18.2. The van der Waals surface area contributed by atoms with Gasteiger partial charge in [0, 0.05) is 5.92 Å². The summed E-state index contributed by atoms with van der Waals surface area (Å²) in [6, 6.07) is 4.29. The lowest BCUT2D eigenvalue weighted by Crippen LogP contribution is -2.53. The number of esters is 1. The highest BCUT2D eigenvalue weighted by Crippen LogP contribution is 2.55. The molecule has 3 nitrogen and oxygen atoms in total. The molecule has 0 bridgehead atoms. The van der Waals surface area contributed by atoms with Gasteiger partial charge in [-0.1, -0.05) is 31.5 Å². The first-order valence-corrected chi connectivity index (χ1v) is 8.85. The van der Waals surface area contributed by atoms with Crippen molar-refractivity contribution >= 4 is 11.8 Å². The maximum atomic E-state index is 12.9. The predicted octanol–water partition coefficient (Wildman–Crippen LogP) is 4.51. The molecule has 1 fully saturated rings. The van der Waals surface area contributed by atoms with Crippen molar-refractivity contribution in [3.63, 3.8) is 0 Å². The van der Waals surface area contributed by atoms with E-state index in [1.807, 2.05) is 6.92 Å². The van der Waals surface area contributed by atoms with Crippen LogP contribution in [0.5, 0.6) is 0 Å². The fraction of sp³-hybridized carbons (Fsp3) is 0.619. The van der Waals surface area contributed by atoms with Gasteiger partial charge in [-0.2, -0.15) is 0 Å². The molecule has 1 aromatic rings. The predicted molar refractivity (Wildman–Crippen MR) is 96.1 cm³/mol. The summed E-state index contributed by atoms with van der Waals surface area (Å²) in [5, 5.41) is 0. The number of hydrogen-bond acceptors (Lipinski definition) is 3. The van der Waals surface area contributed by atoms with E-state index in [1.165, 1.54) is 12.7 Å². The highest BCUT2D eigenvalue weighted by molar-refractivity contribution is 6.04. The van der Waals surface area contributed by atoms with Gasteiger partial charge in [-0.3, -0.25) is 9.59 Å². The van der Waals surface area contributed by atoms with Gasteiger partial charge in [-0.05, 0) is 69.1 Å². The molecule has 1 aliphatic carbocycles. The van der Waals surface area contributed by atoms with Crippen LogP contribution in [0.1, 0.15) is 61.8 Å². The third-order valence-corrected chi connectivity index (χ3v) is 6.22. The number of hydrogen-bond donors (Lipinski definition) is 0. The smallest absolute Gasteiger partial charge is 0.320 e. The normalized spacial score (nSPS) is 30.0. The first-order chi connectivity index (χ1) is 11.2.